The van der Waals surface area contributed by atoms with Crippen LogP contribution in [0.25, 0.3) is 5.82 Å². The highest BCUT2D eigenvalue weighted by Crippen LogP contribution is 2.23. The van der Waals surface area contributed by atoms with E-state index in [0.717, 1.165) is 10.9 Å². The zero-order valence-corrected chi connectivity index (χ0v) is 9.27. The van der Waals surface area contributed by atoms with E-state index in [1.807, 2.05) is 0 Å². The van der Waals surface area contributed by atoms with Crippen molar-refractivity contribution in [3.05, 3.63) is 45.9 Å². The van der Waals surface area contributed by atoms with Crippen molar-refractivity contribution in [3.63, 3.8) is 0 Å². The number of nitro groups is 1. The fraction of sp³-hybridized carbons (Fsp3) is 0.100. The first-order chi connectivity index (χ1) is 8.50. The number of carboxylic acid groups (broad SMARTS) is 1. The zero-order valence-electron chi connectivity index (χ0n) is 9.27. The van der Waals surface area contributed by atoms with Gasteiger partial charge in [0.05, 0.1) is 16.7 Å². The molecular formula is C10H8N4O4. The maximum Gasteiger partial charge on any atom is 0.338 e. The smallest absolute Gasteiger partial charge is 0.338 e. The highest BCUT2D eigenvalue weighted by atomic mass is 16.6. The third-order valence-electron chi connectivity index (χ3n) is 2.34. The van der Waals surface area contributed by atoms with Gasteiger partial charge in [0, 0.05) is 18.0 Å². The Morgan fingerprint density at radius 3 is 2.83 bits per heavy atom. The third kappa shape index (κ3) is 1.90. The number of nitrogens with zero attached hydrogens (tertiary/aromatic N) is 4. The van der Waals surface area contributed by atoms with Crippen LogP contribution in [0.1, 0.15) is 15.9 Å². The van der Waals surface area contributed by atoms with Crippen LogP contribution in [-0.4, -0.2) is 30.8 Å². The molecule has 2 rings (SSSR count). The van der Waals surface area contributed by atoms with Gasteiger partial charge in [0.25, 0.3) is 0 Å². The van der Waals surface area contributed by atoms with Crippen LogP contribution in [-0.2, 0) is 0 Å². The van der Waals surface area contributed by atoms with E-state index in [2.05, 4.69) is 10.1 Å². The Balaban J connectivity index is 2.59. The van der Waals surface area contributed by atoms with E-state index >= 15 is 0 Å². The van der Waals surface area contributed by atoms with Gasteiger partial charge in [-0.2, -0.15) is 5.10 Å². The molecule has 8 nitrogen and oxygen atoms in total. The van der Waals surface area contributed by atoms with Crippen LogP contribution in [0.3, 0.4) is 0 Å². The summed E-state index contributed by atoms with van der Waals surface area (Å²) in [4.78, 5) is 25.0. The second-order valence-corrected chi connectivity index (χ2v) is 3.54. The number of carboxylic acids is 1. The van der Waals surface area contributed by atoms with Gasteiger partial charge < -0.3 is 5.11 Å². The van der Waals surface area contributed by atoms with E-state index in [4.69, 9.17) is 5.11 Å². The summed E-state index contributed by atoms with van der Waals surface area (Å²) in [6, 6.07) is 1.50. The lowest BCUT2D eigenvalue weighted by Gasteiger charge is -2.03. The van der Waals surface area contributed by atoms with E-state index in [0.29, 0.717) is 5.56 Å². The molecule has 0 aliphatic heterocycles. The highest BCUT2D eigenvalue weighted by Gasteiger charge is 2.21. The van der Waals surface area contributed by atoms with Gasteiger partial charge >= 0.3 is 11.7 Å². The molecule has 2 aromatic heterocycles. The van der Waals surface area contributed by atoms with Gasteiger partial charge in [0.15, 0.2) is 0 Å². The summed E-state index contributed by atoms with van der Waals surface area (Å²) in [6.45, 7) is 1.57. The summed E-state index contributed by atoms with van der Waals surface area (Å²) >= 11 is 0. The van der Waals surface area contributed by atoms with Crippen LogP contribution in [0.5, 0.6) is 0 Å². The van der Waals surface area contributed by atoms with Gasteiger partial charge in [-0.05, 0) is 13.0 Å². The van der Waals surface area contributed by atoms with Crippen molar-refractivity contribution < 1.29 is 14.8 Å². The number of hydrogen-bond donors (Lipinski definition) is 1. The molecule has 0 fully saturated rings. The van der Waals surface area contributed by atoms with Crippen molar-refractivity contribution in [1.82, 2.24) is 14.8 Å². The molecule has 1 N–H and O–H groups in total. The van der Waals surface area contributed by atoms with E-state index in [9.17, 15) is 14.9 Å². The normalized spacial score (nSPS) is 10.3. The molecule has 2 aromatic rings. The Hall–Kier alpha value is -2.77. The molecule has 0 bridgehead atoms. The highest BCUT2D eigenvalue weighted by molar-refractivity contribution is 5.87. The topological polar surface area (TPSA) is 111 Å². The Kier molecular flexibility index (Phi) is 2.76. The Labute approximate surface area is 101 Å². The molecule has 0 aliphatic carbocycles. The molecule has 0 aliphatic rings. The van der Waals surface area contributed by atoms with Gasteiger partial charge in [0.2, 0.25) is 5.82 Å². The van der Waals surface area contributed by atoms with Crippen molar-refractivity contribution >= 4 is 11.7 Å². The van der Waals surface area contributed by atoms with Crippen LogP contribution in [0.4, 0.5) is 5.69 Å². The van der Waals surface area contributed by atoms with Crippen molar-refractivity contribution in [1.29, 1.82) is 0 Å². The van der Waals surface area contributed by atoms with Gasteiger partial charge in [-0.1, -0.05) is 0 Å². The third-order valence-corrected chi connectivity index (χ3v) is 2.34. The SMILES string of the molecule is Cc1ccnc(-n2cc(C(=O)O)cn2)c1[N+](=O)[O-]. The summed E-state index contributed by atoms with van der Waals surface area (Å²) < 4.78 is 1.08. The summed E-state index contributed by atoms with van der Waals surface area (Å²) in [5, 5.41) is 23.5. The fourth-order valence-corrected chi connectivity index (χ4v) is 1.48. The number of carbonyl (C=O) groups is 1. The first-order valence-electron chi connectivity index (χ1n) is 4.89. The van der Waals surface area contributed by atoms with E-state index in [1.165, 1.54) is 18.5 Å². The van der Waals surface area contributed by atoms with Crippen LogP contribution in [0, 0.1) is 17.0 Å². The maximum atomic E-state index is 11.0. The van der Waals surface area contributed by atoms with Crippen molar-refractivity contribution in [3.8, 4) is 5.82 Å². The van der Waals surface area contributed by atoms with Gasteiger partial charge in [0.1, 0.15) is 0 Å². The molecule has 0 radical (unpaired) electrons. The van der Waals surface area contributed by atoms with Gasteiger partial charge in [-0.15, -0.1) is 0 Å². The molecule has 0 atom stereocenters. The summed E-state index contributed by atoms with van der Waals surface area (Å²) in [6.07, 6.45) is 3.69. The molecule has 0 saturated carbocycles. The standard InChI is InChI=1S/C10H8N4O4/c1-6-2-3-11-9(8(6)14(17)18)13-5-7(4-12-13)10(15)16/h2-5H,1H3,(H,15,16). The van der Waals surface area contributed by atoms with Crippen molar-refractivity contribution in [2.45, 2.75) is 6.92 Å². The maximum absolute atomic E-state index is 11.0. The largest absolute Gasteiger partial charge is 0.478 e. The van der Waals surface area contributed by atoms with Crippen molar-refractivity contribution in [2.75, 3.05) is 0 Å². The zero-order chi connectivity index (χ0) is 13.3. The lowest BCUT2D eigenvalue weighted by molar-refractivity contribution is -0.385. The van der Waals surface area contributed by atoms with Crippen LogP contribution in [0.15, 0.2) is 24.7 Å². The molecule has 18 heavy (non-hydrogen) atoms. The first-order valence-corrected chi connectivity index (χ1v) is 4.89. The number of aryl methyl sites for hydroxylation is 1. The summed E-state index contributed by atoms with van der Waals surface area (Å²) in [5.41, 5.74) is 0.169. The Morgan fingerprint density at radius 1 is 1.56 bits per heavy atom. The summed E-state index contributed by atoms with van der Waals surface area (Å²) in [7, 11) is 0. The first kappa shape index (κ1) is 11.7. The molecule has 92 valence electrons. The molecular weight excluding hydrogens is 240 g/mol. The fourth-order valence-electron chi connectivity index (χ4n) is 1.48. The Bertz CT molecular complexity index is 635. The predicted octanol–water partition coefficient (Wildman–Crippen LogP) is 1.18. The number of aromatic nitrogens is 3. The minimum atomic E-state index is -1.16. The molecule has 0 spiro atoms. The minimum Gasteiger partial charge on any atom is -0.478 e. The summed E-state index contributed by atoms with van der Waals surface area (Å²) in [5.74, 6) is -1.16. The lowest BCUT2D eigenvalue weighted by atomic mass is 10.2. The number of hydrogen-bond acceptors (Lipinski definition) is 5. The monoisotopic (exact) mass is 248 g/mol. The average Bonchev–Trinajstić information content (AvgIpc) is 2.77. The average molecular weight is 248 g/mol. The van der Waals surface area contributed by atoms with Gasteiger partial charge in [-0.25, -0.2) is 14.5 Å². The van der Waals surface area contributed by atoms with Crippen LogP contribution in [0.2, 0.25) is 0 Å². The quantitative estimate of drug-likeness (QED) is 0.644. The second-order valence-electron chi connectivity index (χ2n) is 3.54. The molecule has 0 amide bonds. The predicted molar refractivity (Wildman–Crippen MR) is 59.7 cm³/mol. The minimum absolute atomic E-state index is 0.00694. The van der Waals surface area contributed by atoms with E-state index in [1.54, 1.807) is 6.92 Å². The molecule has 0 aromatic carbocycles. The Morgan fingerprint density at radius 2 is 2.28 bits per heavy atom. The number of aromatic carboxylic acids is 1. The van der Waals surface area contributed by atoms with E-state index in [-0.39, 0.29) is 17.1 Å². The van der Waals surface area contributed by atoms with Crippen LogP contribution >= 0.6 is 0 Å². The van der Waals surface area contributed by atoms with Crippen molar-refractivity contribution in [2.24, 2.45) is 0 Å². The lowest BCUT2D eigenvalue weighted by Crippen LogP contribution is -2.05. The number of rotatable bonds is 3. The molecule has 0 unspecified atom stereocenters. The molecule has 2 heterocycles. The molecule has 0 saturated heterocycles. The van der Waals surface area contributed by atoms with Crippen LogP contribution < -0.4 is 0 Å². The molecule has 8 heteroatoms. The second kappa shape index (κ2) is 4.24. The van der Waals surface area contributed by atoms with Gasteiger partial charge in [-0.3, -0.25) is 10.1 Å². The van der Waals surface area contributed by atoms with E-state index < -0.39 is 10.9 Å². The number of pyridine rings is 1.